The maximum Gasteiger partial charge on any atom is 0.257 e. The topological polar surface area (TPSA) is 58.2 Å². The molecule has 0 spiro atoms. The molecule has 1 aliphatic heterocycles. The van der Waals surface area contributed by atoms with Gasteiger partial charge in [-0.25, -0.2) is 4.39 Å². The summed E-state index contributed by atoms with van der Waals surface area (Å²) in [4.78, 5) is 25.7. The van der Waals surface area contributed by atoms with Gasteiger partial charge in [-0.2, -0.15) is 0 Å². The molecule has 3 atom stereocenters. The van der Waals surface area contributed by atoms with Gasteiger partial charge in [0.05, 0.1) is 4.91 Å². The maximum absolute atomic E-state index is 13.9. The van der Waals surface area contributed by atoms with E-state index in [1.54, 1.807) is 30.3 Å². The highest BCUT2D eigenvalue weighted by atomic mass is 35.5. The molecule has 0 radical (unpaired) electrons. The number of benzene rings is 2. The van der Waals surface area contributed by atoms with Crippen LogP contribution in [0, 0.1) is 11.7 Å². The van der Waals surface area contributed by atoms with Crippen molar-refractivity contribution in [3.05, 3.63) is 75.4 Å². The highest BCUT2D eigenvalue weighted by molar-refractivity contribution is 8.04. The van der Waals surface area contributed by atoms with Crippen LogP contribution in [-0.4, -0.2) is 23.1 Å². The zero-order chi connectivity index (χ0) is 21.1. The number of nitrogens with one attached hydrogen (secondary N) is 2. The third-order valence-corrected chi connectivity index (χ3v) is 7.37. The lowest BCUT2D eigenvalue weighted by atomic mass is 9.84. The minimum atomic E-state index is -0.348. The molecule has 156 valence electrons. The third-order valence-electron chi connectivity index (χ3n) is 5.58. The van der Waals surface area contributed by atoms with Crippen molar-refractivity contribution in [3.63, 3.8) is 0 Å². The zero-order valence-electron chi connectivity index (χ0n) is 16.2. The molecule has 2 N–H and O–H groups in total. The number of hydrogen-bond donors (Lipinski definition) is 2. The van der Waals surface area contributed by atoms with E-state index in [0.717, 1.165) is 18.4 Å². The maximum atomic E-state index is 13.9. The summed E-state index contributed by atoms with van der Waals surface area (Å²) in [6.45, 7) is 0.389. The fraction of sp³-hybridized carbons (Fsp3) is 0.304. The molecule has 1 saturated heterocycles. The summed E-state index contributed by atoms with van der Waals surface area (Å²) in [5.74, 6) is -0.715. The minimum absolute atomic E-state index is 0.0136. The van der Waals surface area contributed by atoms with Crippen LogP contribution in [0.5, 0.6) is 0 Å². The van der Waals surface area contributed by atoms with Crippen LogP contribution in [-0.2, 0) is 16.1 Å². The van der Waals surface area contributed by atoms with Gasteiger partial charge in [-0.05, 0) is 43.0 Å². The second-order valence-electron chi connectivity index (χ2n) is 7.59. The van der Waals surface area contributed by atoms with Crippen LogP contribution in [0.3, 0.4) is 0 Å². The number of halogens is 2. The molecule has 1 aliphatic carbocycles. The van der Waals surface area contributed by atoms with Crippen LogP contribution in [0.15, 0.2) is 53.4 Å². The lowest BCUT2D eigenvalue weighted by Crippen LogP contribution is -2.51. The normalized spacial score (nSPS) is 24.8. The highest BCUT2D eigenvalue weighted by Gasteiger charge is 2.39. The first-order valence-corrected chi connectivity index (χ1v) is 11.2. The Labute approximate surface area is 184 Å². The fourth-order valence-electron chi connectivity index (χ4n) is 3.93. The third kappa shape index (κ3) is 4.71. The van der Waals surface area contributed by atoms with Gasteiger partial charge in [0, 0.05) is 34.3 Å². The molecule has 2 fully saturated rings. The first kappa shape index (κ1) is 20.9. The second-order valence-corrected chi connectivity index (χ2v) is 9.27. The van der Waals surface area contributed by atoms with E-state index in [0.29, 0.717) is 28.5 Å². The molecular formula is C23H22ClFN2O2S. The number of carbonyl (C=O) groups excluding carboxylic acids is 2. The summed E-state index contributed by atoms with van der Waals surface area (Å²) in [6.07, 6.45) is 3.78. The van der Waals surface area contributed by atoms with E-state index >= 15 is 0 Å². The Kier molecular flexibility index (Phi) is 6.44. The molecule has 1 heterocycles. The van der Waals surface area contributed by atoms with Gasteiger partial charge in [0.1, 0.15) is 5.82 Å². The predicted octanol–water partition coefficient (Wildman–Crippen LogP) is 4.54. The number of thioether (sulfide) groups is 1. The molecule has 7 heteroatoms. The van der Waals surface area contributed by atoms with Crippen molar-refractivity contribution in [2.75, 3.05) is 0 Å². The average molecular weight is 445 g/mol. The van der Waals surface area contributed by atoms with Crippen LogP contribution >= 0.6 is 23.4 Å². The van der Waals surface area contributed by atoms with Gasteiger partial charge < -0.3 is 10.6 Å². The molecule has 4 nitrogen and oxygen atoms in total. The van der Waals surface area contributed by atoms with Crippen LogP contribution < -0.4 is 10.6 Å². The minimum Gasteiger partial charge on any atom is -0.352 e. The predicted molar refractivity (Wildman–Crippen MR) is 118 cm³/mol. The smallest absolute Gasteiger partial charge is 0.257 e. The Morgan fingerprint density at radius 3 is 2.77 bits per heavy atom. The van der Waals surface area contributed by atoms with Crippen molar-refractivity contribution in [1.29, 1.82) is 0 Å². The number of fused-ring (bicyclic) bond motifs is 1. The number of amides is 2. The monoisotopic (exact) mass is 444 g/mol. The fourth-order valence-corrected chi connectivity index (χ4v) is 5.42. The van der Waals surface area contributed by atoms with Gasteiger partial charge in [-0.1, -0.05) is 48.0 Å². The summed E-state index contributed by atoms with van der Waals surface area (Å²) in [7, 11) is 0. The van der Waals surface area contributed by atoms with Gasteiger partial charge in [0.2, 0.25) is 5.91 Å². The Morgan fingerprint density at radius 2 is 1.97 bits per heavy atom. The van der Waals surface area contributed by atoms with E-state index in [-0.39, 0.29) is 34.8 Å². The molecule has 0 bridgehead atoms. The Hall–Kier alpha value is -2.31. The number of carbonyl (C=O) groups is 2. The molecule has 2 aromatic rings. The summed E-state index contributed by atoms with van der Waals surface area (Å²) >= 11 is 7.64. The Morgan fingerprint density at radius 1 is 1.20 bits per heavy atom. The van der Waals surface area contributed by atoms with Gasteiger partial charge >= 0.3 is 0 Å². The molecule has 2 amide bonds. The first-order valence-electron chi connectivity index (χ1n) is 9.96. The molecular weight excluding hydrogens is 423 g/mol. The summed E-state index contributed by atoms with van der Waals surface area (Å²) < 4.78 is 13.9. The molecule has 1 saturated carbocycles. The van der Waals surface area contributed by atoms with E-state index in [2.05, 4.69) is 10.6 Å². The van der Waals surface area contributed by atoms with Crippen molar-refractivity contribution in [3.8, 4) is 0 Å². The molecule has 3 unspecified atom stereocenters. The van der Waals surface area contributed by atoms with E-state index in [9.17, 15) is 14.0 Å². The highest BCUT2D eigenvalue weighted by Crippen LogP contribution is 2.40. The lowest BCUT2D eigenvalue weighted by Gasteiger charge is -2.39. The van der Waals surface area contributed by atoms with Crippen molar-refractivity contribution in [1.82, 2.24) is 10.6 Å². The number of hydrogen-bond acceptors (Lipinski definition) is 3. The van der Waals surface area contributed by atoms with Crippen LogP contribution in [0.4, 0.5) is 4.39 Å². The SMILES string of the molecule is O=C1NC2CC(C(=O)NCc3ccccc3Cl)CCC2S/C1=C/c1ccccc1F. The lowest BCUT2D eigenvalue weighted by molar-refractivity contribution is -0.127. The van der Waals surface area contributed by atoms with E-state index in [1.165, 1.54) is 17.8 Å². The van der Waals surface area contributed by atoms with Crippen LogP contribution in [0.2, 0.25) is 5.02 Å². The molecule has 2 aliphatic rings. The zero-order valence-corrected chi connectivity index (χ0v) is 17.8. The quantitative estimate of drug-likeness (QED) is 0.681. The standard InChI is InChI=1S/C23H22ClFN2O2S/c24-17-7-3-1-6-16(17)13-26-22(28)15-9-10-20-19(11-15)27-23(29)21(30-20)12-14-5-2-4-8-18(14)25/h1-8,12,15,19-20H,9-11,13H2,(H,26,28)(H,27,29)/b21-12+. The van der Waals surface area contributed by atoms with Crippen molar-refractivity contribution in [2.45, 2.75) is 37.1 Å². The van der Waals surface area contributed by atoms with E-state index in [1.807, 2.05) is 18.2 Å². The first-order chi connectivity index (χ1) is 14.5. The summed E-state index contributed by atoms with van der Waals surface area (Å²) in [5, 5.41) is 6.81. The van der Waals surface area contributed by atoms with Gasteiger partial charge in [0.15, 0.2) is 0 Å². The van der Waals surface area contributed by atoms with Gasteiger partial charge in [-0.15, -0.1) is 11.8 Å². The Balaban J connectivity index is 1.36. The van der Waals surface area contributed by atoms with Crippen molar-refractivity contribution < 1.29 is 14.0 Å². The van der Waals surface area contributed by atoms with Crippen LogP contribution in [0.25, 0.3) is 6.08 Å². The van der Waals surface area contributed by atoms with Crippen LogP contribution in [0.1, 0.15) is 30.4 Å². The van der Waals surface area contributed by atoms with Crippen molar-refractivity contribution >= 4 is 41.3 Å². The molecule has 30 heavy (non-hydrogen) atoms. The van der Waals surface area contributed by atoms with Gasteiger partial charge in [-0.3, -0.25) is 9.59 Å². The van der Waals surface area contributed by atoms with E-state index < -0.39 is 0 Å². The van der Waals surface area contributed by atoms with Gasteiger partial charge in [0.25, 0.3) is 5.91 Å². The average Bonchev–Trinajstić information content (AvgIpc) is 2.74. The molecule has 0 aromatic heterocycles. The molecule has 2 aromatic carbocycles. The molecule has 4 rings (SSSR count). The van der Waals surface area contributed by atoms with Crippen molar-refractivity contribution in [2.24, 2.45) is 5.92 Å². The van der Waals surface area contributed by atoms with E-state index in [4.69, 9.17) is 11.6 Å². The Bertz CT molecular complexity index is 997. The summed E-state index contributed by atoms with van der Waals surface area (Å²) in [5.41, 5.74) is 1.28. The largest absolute Gasteiger partial charge is 0.352 e. The second kappa shape index (κ2) is 9.23. The summed E-state index contributed by atoms with van der Waals surface area (Å²) in [6, 6.07) is 13.8. The number of rotatable bonds is 4.